The van der Waals surface area contributed by atoms with Gasteiger partial charge in [0.15, 0.2) is 0 Å². The van der Waals surface area contributed by atoms with Gasteiger partial charge < -0.3 is 9.94 Å². The van der Waals surface area contributed by atoms with Crippen molar-refractivity contribution < 1.29 is 19.7 Å². The first kappa shape index (κ1) is 14.2. The van der Waals surface area contributed by atoms with Crippen molar-refractivity contribution in [2.75, 3.05) is 6.61 Å². The van der Waals surface area contributed by atoms with Crippen molar-refractivity contribution >= 4 is 41.1 Å². The zero-order chi connectivity index (χ0) is 13.7. The highest BCUT2D eigenvalue weighted by Crippen LogP contribution is 2.31. The molecular formula is C9H6Cl2N2O5. The lowest BCUT2D eigenvalue weighted by molar-refractivity contribution is -0.384. The standard InChI is InChI=1S/C9H6Cl2N2O5/c10-6-1-2-7(13(16)17)9(11)5(6)3-12-18-4-8(14)15/h1-3H,4H2,(H,14,15). The van der Waals surface area contributed by atoms with Gasteiger partial charge in [0.2, 0.25) is 6.61 Å². The van der Waals surface area contributed by atoms with Crippen molar-refractivity contribution in [3.63, 3.8) is 0 Å². The van der Waals surface area contributed by atoms with Gasteiger partial charge in [-0.15, -0.1) is 0 Å². The topological polar surface area (TPSA) is 102 Å². The van der Waals surface area contributed by atoms with E-state index in [1.807, 2.05) is 0 Å². The maximum atomic E-state index is 10.6. The second-order valence-corrected chi connectivity index (χ2v) is 3.74. The van der Waals surface area contributed by atoms with Gasteiger partial charge in [-0.3, -0.25) is 10.1 Å². The molecular weight excluding hydrogens is 287 g/mol. The van der Waals surface area contributed by atoms with Gasteiger partial charge in [-0.05, 0) is 6.07 Å². The Kier molecular flexibility index (Phi) is 4.87. The molecule has 0 radical (unpaired) electrons. The van der Waals surface area contributed by atoms with Crippen LogP contribution in [0.15, 0.2) is 17.3 Å². The van der Waals surface area contributed by atoms with E-state index in [2.05, 4.69) is 9.99 Å². The number of nitro benzene ring substituents is 1. The molecule has 0 aliphatic heterocycles. The number of carboxylic acids is 1. The van der Waals surface area contributed by atoms with Gasteiger partial charge in [-0.1, -0.05) is 28.4 Å². The predicted octanol–water partition coefficient (Wildman–Crippen LogP) is 2.34. The lowest BCUT2D eigenvalue weighted by atomic mass is 10.2. The van der Waals surface area contributed by atoms with Crippen LogP contribution >= 0.6 is 23.2 Å². The third kappa shape index (κ3) is 3.57. The van der Waals surface area contributed by atoms with Gasteiger partial charge in [0.25, 0.3) is 5.69 Å². The van der Waals surface area contributed by atoms with Crippen LogP contribution in [0.5, 0.6) is 0 Å². The molecule has 0 aliphatic rings. The summed E-state index contributed by atoms with van der Waals surface area (Å²) in [5.41, 5.74) is -0.251. The zero-order valence-electron chi connectivity index (χ0n) is 8.67. The number of nitro groups is 1. The van der Waals surface area contributed by atoms with Crippen molar-refractivity contribution in [1.29, 1.82) is 0 Å². The van der Waals surface area contributed by atoms with Gasteiger partial charge in [0, 0.05) is 11.6 Å². The van der Waals surface area contributed by atoms with E-state index in [1.165, 1.54) is 6.07 Å². The minimum Gasteiger partial charge on any atom is -0.479 e. The molecule has 1 aromatic carbocycles. The fourth-order valence-corrected chi connectivity index (χ4v) is 1.54. The molecule has 1 rings (SSSR count). The Hall–Kier alpha value is -1.86. The molecule has 0 saturated carbocycles. The molecule has 96 valence electrons. The first-order valence-corrected chi connectivity index (χ1v) is 5.18. The SMILES string of the molecule is O=C(O)CON=Cc1c(Cl)ccc([N+](=O)[O-])c1Cl. The summed E-state index contributed by atoms with van der Waals surface area (Å²) >= 11 is 11.5. The molecule has 0 heterocycles. The highest BCUT2D eigenvalue weighted by atomic mass is 35.5. The Bertz CT molecular complexity index is 518. The summed E-state index contributed by atoms with van der Waals surface area (Å²) in [5, 5.41) is 22.2. The number of oxime groups is 1. The highest BCUT2D eigenvalue weighted by molar-refractivity contribution is 6.40. The van der Waals surface area contributed by atoms with E-state index >= 15 is 0 Å². The van der Waals surface area contributed by atoms with Crippen LogP contribution in [0.1, 0.15) is 5.56 Å². The summed E-state index contributed by atoms with van der Waals surface area (Å²) in [6.45, 7) is -0.638. The number of rotatable bonds is 5. The molecule has 0 atom stereocenters. The summed E-state index contributed by atoms with van der Waals surface area (Å²) in [4.78, 5) is 24.5. The van der Waals surface area contributed by atoms with Crippen LogP contribution in [0.2, 0.25) is 10.0 Å². The average molecular weight is 293 g/mol. The van der Waals surface area contributed by atoms with Gasteiger partial charge in [0.05, 0.1) is 16.2 Å². The number of carboxylic acid groups (broad SMARTS) is 1. The van der Waals surface area contributed by atoms with Gasteiger partial charge in [-0.2, -0.15) is 0 Å². The molecule has 0 spiro atoms. The van der Waals surface area contributed by atoms with Crippen LogP contribution in [0.25, 0.3) is 0 Å². The molecule has 0 bridgehead atoms. The monoisotopic (exact) mass is 292 g/mol. The molecule has 1 N–H and O–H groups in total. The fourth-order valence-electron chi connectivity index (χ4n) is 1.000. The molecule has 0 aliphatic carbocycles. The van der Waals surface area contributed by atoms with Crippen LogP contribution < -0.4 is 0 Å². The summed E-state index contributed by atoms with van der Waals surface area (Å²) < 4.78 is 0. The van der Waals surface area contributed by atoms with Gasteiger partial charge >= 0.3 is 5.97 Å². The van der Waals surface area contributed by atoms with E-state index in [1.54, 1.807) is 0 Å². The third-order valence-electron chi connectivity index (χ3n) is 1.75. The number of aliphatic carboxylic acids is 1. The molecule has 1 aromatic rings. The quantitative estimate of drug-likeness (QED) is 0.510. The Labute approximate surface area is 111 Å². The van der Waals surface area contributed by atoms with Crippen LogP contribution in [0.4, 0.5) is 5.69 Å². The van der Waals surface area contributed by atoms with Crippen molar-refractivity contribution in [2.24, 2.45) is 5.16 Å². The maximum absolute atomic E-state index is 10.6. The van der Waals surface area contributed by atoms with Crippen molar-refractivity contribution in [3.05, 3.63) is 37.9 Å². The predicted molar refractivity (Wildman–Crippen MR) is 64.3 cm³/mol. The molecule has 0 aromatic heterocycles. The number of benzene rings is 1. The minimum absolute atomic E-state index is 0.0814. The van der Waals surface area contributed by atoms with Crippen LogP contribution in [0, 0.1) is 10.1 Å². The largest absolute Gasteiger partial charge is 0.479 e. The van der Waals surface area contributed by atoms with Crippen LogP contribution in [-0.2, 0) is 9.63 Å². The van der Waals surface area contributed by atoms with Crippen LogP contribution in [-0.4, -0.2) is 28.8 Å². The van der Waals surface area contributed by atoms with Crippen molar-refractivity contribution in [1.82, 2.24) is 0 Å². The second-order valence-electron chi connectivity index (χ2n) is 2.95. The van der Waals surface area contributed by atoms with Crippen LogP contribution in [0.3, 0.4) is 0 Å². The average Bonchev–Trinajstić information content (AvgIpc) is 2.26. The third-order valence-corrected chi connectivity index (χ3v) is 2.47. The lowest BCUT2D eigenvalue weighted by Gasteiger charge is -2.01. The summed E-state index contributed by atoms with van der Waals surface area (Å²) in [6.07, 6.45) is 1.01. The maximum Gasteiger partial charge on any atom is 0.344 e. The Morgan fingerprint density at radius 3 is 2.78 bits per heavy atom. The molecule has 9 heteroatoms. The normalized spacial score (nSPS) is 10.6. The van der Waals surface area contributed by atoms with Gasteiger partial charge in [-0.25, -0.2) is 4.79 Å². The Morgan fingerprint density at radius 1 is 1.56 bits per heavy atom. The second kappa shape index (κ2) is 6.18. The lowest BCUT2D eigenvalue weighted by Crippen LogP contribution is -2.03. The first-order valence-electron chi connectivity index (χ1n) is 4.43. The number of hydrogen-bond acceptors (Lipinski definition) is 5. The van der Waals surface area contributed by atoms with Crippen molar-refractivity contribution in [2.45, 2.75) is 0 Å². The number of carbonyl (C=O) groups is 1. The van der Waals surface area contributed by atoms with E-state index < -0.39 is 17.5 Å². The smallest absolute Gasteiger partial charge is 0.344 e. The molecule has 0 amide bonds. The van der Waals surface area contributed by atoms with E-state index in [9.17, 15) is 14.9 Å². The molecule has 7 nitrogen and oxygen atoms in total. The van der Waals surface area contributed by atoms with Crippen molar-refractivity contribution in [3.8, 4) is 0 Å². The summed E-state index contributed by atoms with van der Waals surface area (Å²) in [5.74, 6) is -1.21. The first-order chi connectivity index (χ1) is 8.43. The van der Waals surface area contributed by atoms with E-state index in [0.717, 1.165) is 12.3 Å². The zero-order valence-corrected chi connectivity index (χ0v) is 10.2. The summed E-state index contributed by atoms with van der Waals surface area (Å²) in [7, 11) is 0. The highest BCUT2D eigenvalue weighted by Gasteiger charge is 2.17. The molecule has 0 unspecified atom stereocenters. The number of nitrogens with zero attached hydrogens (tertiary/aromatic N) is 2. The fraction of sp³-hybridized carbons (Fsp3) is 0.111. The van der Waals surface area contributed by atoms with Gasteiger partial charge in [0.1, 0.15) is 5.02 Å². The van der Waals surface area contributed by atoms with E-state index in [-0.39, 0.29) is 21.3 Å². The molecule has 0 saturated heterocycles. The van der Waals surface area contributed by atoms with E-state index in [4.69, 9.17) is 28.3 Å². The number of halogens is 2. The minimum atomic E-state index is -1.21. The molecule has 18 heavy (non-hydrogen) atoms. The molecule has 0 fully saturated rings. The summed E-state index contributed by atoms with van der Waals surface area (Å²) in [6, 6.07) is 2.43. The van der Waals surface area contributed by atoms with E-state index in [0.29, 0.717) is 0 Å². The Balaban J connectivity index is 2.97. The Morgan fingerprint density at radius 2 is 2.22 bits per heavy atom. The number of hydrogen-bond donors (Lipinski definition) is 1.